The topological polar surface area (TPSA) is 61.6 Å². The average Bonchev–Trinajstić information content (AvgIpc) is 2.89. The van der Waals surface area contributed by atoms with Crippen LogP contribution >= 0.6 is 0 Å². The summed E-state index contributed by atoms with van der Waals surface area (Å²) >= 11 is 0. The van der Waals surface area contributed by atoms with Crippen LogP contribution in [0.5, 0.6) is 0 Å². The van der Waals surface area contributed by atoms with E-state index in [4.69, 9.17) is 5.26 Å². The number of aromatic nitrogens is 2. The highest BCUT2D eigenvalue weighted by Crippen LogP contribution is 2.33. The maximum absolute atomic E-state index is 9.07. The van der Waals surface area contributed by atoms with Crippen LogP contribution in [0.15, 0.2) is 0 Å². The monoisotopic (exact) mass is 202 g/mol. The third-order valence-corrected chi connectivity index (χ3v) is 3.00. The number of anilines is 1. The highest BCUT2D eigenvalue weighted by atomic mass is 15.2. The molecule has 1 aromatic heterocycles. The predicted octanol–water partition coefficient (Wildman–Crippen LogP) is 1.79. The van der Waals surface area contributed by atoms with Crippen molar-refractivity contribution in [1.29, 1.82) is 5.26 Å². The fourth-order valence-electron chi connectivity index (χ4n) is 1.55. The van der Waals surface area contributed by atoms with Crippen LogP contribution in [-0.2, 0) is 0 Å². The van der Waals surface area contributed by atoms with Gasteiger partial charge in [-0.15, -0.1) is 5.10 Å². The molecule has 1 N–H and O–H groups in total. The predicted molar refractivity (Wildman–Crippen MR) is 57.4 cm³/mol. The van der Waals surface area contributed by atoms with E-state index in [1.165, 1.54) is 0 Å². The van der Waals surface area contributed by atoms with Gasteiger partial charge >= 0.3 is 0 Å². The summed E-state index contributed by atoms with van der Waals surface area (Å²) in [6, 6.07) is 2.65. The molecule has 0 saturated heterocycles. The zero-order valence-corrected chi connectivity index (χ0v) is 9.20. The van der Waals surface area contributed by atoms with E-state index >= 15 is 0 Å². The summed E-state index contributed by atoms with van der Waals surface area (Å²) in [5.74, 6) is 1.31. The highest BCUT2D eigenvalue weighted by molar-refractivity contribution is 5.56. The number of nitriles is 1. The number of nitrogens with zero attached hydrogens (tertiary/aromatic N) is 3. The first-order valence-corrected chi connectivity index (χ1v) is 5.14. The molecule has 0 spiro atoms. The molecule has 0 aliphatic heterocycles. The second kappa shape index (κ2) is 3.50. The highest BCUT2D eigenvalue weighted by Gasteiger charge is 2.33. The quantitative estimate of drug-likeness (QED) is 0.794. The molecular formula is C11H14N4. The van der Waals surface area contributed by atoms with E-state index in [1.807, 2.05) is 13.8 Å². The molecular weight excluding hydrogens is 188 g/mol. The molecule has 78 valence electrons. The number of hydrogen-bond acceptors (Lipinski definition) is 4. The molecule has 0 radical (unpaired) electrons. The van der Waals surface area contributed by atoms with Crippen molar-refractivity contribution in [1.82, 2.24) is 10.2 Å². The summed E-state index contributed by atoms with van der Waals surface area (Å²) in [6.07, 6.45) is 1.15. The van der Waals surface area contributed by atoms with E-state index in [-0.39, 0.29) is 0 Å². The van der Waals surface area contributed by atoms with Crippen LogP contribution in [0.3, 0.4) is 0 Å². The molecule has 1 aliphatic rings. The van der Waals surface area contributed by atoms with E-state index in [9.17, 15) is 0 Å². The van der Waals surface area contributed by atoms with Crippen molar-refractivity contribution in [3.05, 3.63) is 16.8 Å². The largest absolute Gasteiger partial charge is 0.364 e. The second-order valence-corrected chi connectivity index (χ2v) is 4.21. The Morgan fingerprint density at radius 2 is 2.07 bits per heavy atom. The molecule has 1 heterocycles. The lowest BCUT2D eigenvalue weighted by Crippen LogP contribution is -2.10. The Kier molecular flexibility index (Phi) is 2.31. The standard InChI is InChI=1S/C11H14N4/c1-6-4-10(6)13-11-9(5-12)7(2)8(3)14-15-11/h6,10H,4H2,1-3H3,(H,13,15). The molecule has 2 unspecified atom stereocenters. The first-order valence-electron chi connectivity index (χ1n) is 5.14. The van der Waals surface area contributed by atoms with Crippen LogP contribution in [-0.4, -0.2) is 16.2 Å². The number of hydrogen-bond donors (Lipinski definition) is 1. The van der Waals surface area contributed by atoms with Gasteiger partial charge in [0.1, 0.15) is 11.6 Å². The van der Waals surface area contributed by atoms with Crippen molar-refractivity contribution in [3.8, 4) is 6.07 Å². The Morgan fingerprint density at radius 1 is 1.40 bits per heavy atom. The minimum atomic E-state index is 0.466. The van der Waals surface area contributed by atoms with Gasteiger partial charge in [-0.1, -0.05) is 6.92 Å². The Bertz CT molecular complexity index is 433. The van der Waals surface area contributed by atoms with Gasteiger partial charge < -0.3 is 5.32 Å². The Morgan fingerprint density at radius 3 is 2.60 bits per heavy atom. The SMILES string of the molecule is Cc1nnc(NC2CC2C)c(C#N)c1C. The Hall–Kier alpha value is -1.63. The van der Waals surface area contributed by atoms with Crippen LogP contribution in [0.4, 0.5) is 5.82 Å². The summed E-state index contributed by atoms with van der Waals surface area (Å²) in [4.78, 5) is 0. The van der Waals surface area contributed by atoms with Crippen molar-refractivity contribution in [2.45, 2.75) is 33.2 Å². The van der Waals surface area contributed by atoms with Gasteiger partial charge in [-0.25, -0.2) is 0 Å². The van der Waals surface area contributed by atoms with Gasteiger partial charge in [0.05, 0.1) is 5.69 Å². The van der Waals surface area contributed by atoms with Gasteiger partial charge in [0.15, 0.2) is 5.82 Å². The van der Waals surface area contributed by atoms with E-state index in [1.54, 1.807) is 0 Å². The molecule has 15 heavy (non-hydrogen) atoms. The molecule has 0 bridgehead atoms. The Labute approximate surface area is 89.3 Å². The van der Waals surface area contributed by atoms with Gasteiger partial charge in [0.2, 0.25) is 0 Å². The molecule has 2 atom stereocenters. The fraction of sp³-hybridized carbons (Fsp3) is 0.545. The minimum absolute atomic E-state index is 0.466. The molecule has 0 amide bonds. The smallest absolute Gasteiger partial charge is 0.167 e. The van der Waals surface area contributed by atoms with E-state index < -0.39 is 0 Å². The van der Waals surface area contributed by atoms with Crippen molar-refractivity contribution in [2.75, 3.05) is 5.32 Å². The van der Waals surface area contributed by atoms with Crippen LogP contribution < -0.4 is 5.32 Å². The molecule has 4 heteroatoms. The van der Waals surface area contributed by atoms with Crippen LogP contribution in [0.1, 0.15) is 30.2 Å². The molecule has 1 fully saturated rings. The lowest BCUT2D eigenvalue weighted by atomic mass is 10.1. The van der Waals surface area contributed by atoms with Gasteiger partial charge in [-0.05, 0) is 31.7 Å². The average molecular weight is 202 g/mol. The van der Waals surface area contributed by atoms with Gasteiger partial charge in [-0.3, -0.25) is 0 Å². The van der Waals surface area contributed by atoms with Crippen molar-refractivity contribution in [2.24, 2.45) is 5.92 Å². The first-order chi connectivity index (χ1) is 7.13. The molecule has 0 aromatic carbocycles. The number of nitrogens with one attached hydrogen (secondary N) is 1. The third kappa shape index (κ3) is 1.78. The van der Waals surface area contributed by atoms with E-state index in [2.05, 4.69) is 28.5 Å². The first kappa shape index (κ1) is 9.91. The third-order valence-electron chi connectivity index (χ3n) is 3.00. The Balaban J connectivity index is 2.31. The van der Waals surface area contributed by atoms with Crippen LogP contribution in [0.2, 0.25) is 0 Å². The number of aryl methyl sites for hydroxylation is 1. The summed E-state index contributed by atoms with van der Waals surface area (Å²) in [6.45, 7) is 5.95. The normalized spacial score (nSPS) is 23.3. The van der Waals surface area contributed by atoms with Crippen molar-refractivity contribution >= 4 is 5.82 Å². The van der Waals surface area contributed by atoms with Crippen molar-refractivity contribution < 1.29 is 0 Å². The maximum atomic E-state index is 9.07. The van der Waals surface area contributed by atoms with Crippen molar-refractivity contribution in [3.63, 3.8) is 0 Å². The number of rotatable bonds is 2. The molecule has 1 aromatic rings. The lowest BCUT2D eigenvalue weighted by molar-refractivity contribution is 0.897. The van der Waals surface area contributed by atoms with Crippen LogP contribution in [0, 0.1) is 31.1 Å². The molecule has 2 rings (SSSR count). The van der Waals surface area contributed by atoms with Crippen LogP contribution in [0.25, 0.3) is 0 Å². The van der Waals surface area contributed by atoms with Gasteiger partial charge in [0, 0.05) is 6.04 Å². The summed E-state index contributed by atoms with van der Waals surface area (Å²) in [5.41, 5.74) is 2.37. The second-order valence-electron chi connectivity index (χ2n) is 4.21. The summed E-state index contributed by atoms with van der Waals surface area (Å²) in [7, 11) is 0. The molecule has 4 nitrogen and oxygen atoms in total. The van der Waals surface area contributed by atoms with E-state index in [0.717, 1.165) is 17.7 Å². The van der Waals surface area contributed by atoms with Gasteiger partial charge in [0.25, 0.3) is 0 Å². The maximum Gasteiger partial charge on any atom is 0.167 e. The summed E-state index contributed by atoms with van der Waals surface area (Å²) < 4.78 is 0. The fourth-order valence-corrected chi connectivity index (χ4v) is 1.55. The van der Waals surface area contributed by atoms with Gasteiger partial charge in [-0.2, -0.15) is 10.4 Å². The zero-order chi connectivity index (χ0) is 11.0. The molecule has 1 saturated carbocycles. The minimum Gasteiger partial charge on any atom is -0.364 e. The summed E-state index contributed by atoms with van der Waals surface area (Å²) in [5, 5.41) is 20.4. The van der Waals surface area contributed by atoms with E-state index in [0.29, 0.717) is 23.3 Å². The lowest BCUT2D eigenvalue weighted by Gasteiger charge is -2.08. The zero-order valence-electron chi connectivity index (χ0n) is 9.20. The molecule has 1 aliphatic carbocycles.